The maximum atomic E-state index is 9.31. The van der Waals surface area contributed by atoms with Crippen molar-refractivity contribution < 1.29 is 9.84 Å². The maximum Gasteiger partial charge on any atom is 0.200 e. The van der Waals surface area contributed by atoms with E-state index >= 15 is 0 Å². The van der Waals surface area contributed by atoms with Crippen LogP contribution in [0.5, 0.6) is 5.88 Å². The highest BCUT2D eigenvalue weighted by Crippen LogP contribution is 2.27. The molecule has 0 fully saturated rings. The number of aliphatic hydroxyl groups excluding tert-OH is 1. The number of hydrogen-bond acceptors (Lipinski definition) is 3. The van der Waals surface area contributed by atoms with Crippen molar-refractivity contribution in [1.82, 2.24) is 9.38 Å². The lowest BCUT2D eigenvalue weighted by Gasteiger charge is -2.09. The lowest BCUT2D eigenvalue weighted by molar-refractivity contribution is 0.253. The van der Waals surface area contributed by atoms with Gasteiger partial charge in [0.05, 0.1) is 13.3 Å². The first-order valence-electron chi connectivity index (χ1n) is 6.99. The number of nitrogens with zero attached hydrogens (tertiary/aromatic N) is 2. The van der Waals surface area contributed by atoms with Gasteiger partial charge in [0, 0.05) is 6.07 Å². The molecule has 0 spiro atoms. The van der Waals surface area contributed by atoms with E-state index in [0.717, 1.165) is 16.8 Å². The summed E-state index contributed by atoms with van der Waals surface area (Å²) in [5, 5.41) is 9.31. The summed E-state index contributed by atoms with van der Waals surface area (Å²) in [5.74, 6) is 6.30. The fraction of sp³-hybridized carbons (Fsp3) is 0.167. The van der Waals surface area contributed by atoms with Gasteiger partial charge in [0.1, 0.15) is 17.4 Å². The van der Waals surface area contributed by atoms with Gasteiger partial charge in [-0.15, -0.1) is 0 Å². The Morgan fingerprint density at radius 3 is 2.64 bits per heavy atom. The molecule has 0 bridgehead atoms. The Balaban J connectivity index is 2.17. The molecule has 0 saturated heterocycles. The largest absolute Gasteiger partial charge is 0.482 e. The zero-order valence-corrected chi connectivity index (χ0v) is 12.4. The van der Waals surface area contributed by atoms with Gasteiger partial charge in [-0.25, -0.2) is 4.98 Å². The Labute approximate surface area is 129 Å². The van der Waals surface area contributed by atoms with E-state index in [4.69, 9.17) is 4.74 Å². The van der Waals surface area contributed by atoms with Crippen molar-refractivity contribution in [3.8, 4) is 28.8 Å². The minimum Gasteiger partial charge on any atom is -0.482 e. The van der Waals surface area contributed by atoms with Crippen LogP contribution in [0.3, 0.4) is 0 Å². The summed E-state index contributed by atoms with van der Waals surface area (Å²) in [6.07, 6.45) is 1.00. The normalized spacial score (nSPS) is 11.8. The minimum absolute atomic E-state index is 0.656. The number of methoxy groups -OCH3 is 1. The summed E-state index contributed by atoms with van der Waals surface area (Å²) >= 11 is 0. The molecule has 0 aliphatic rings. The molecule has 0 aliphatic carbocycles. The summed E-state index contributed by atoms with van der Waals surface area (Å²) in [5.41, 5.74) is 3.58. The molecule has 3 aromatic rings. The molecule has 0 unspecified atom stereocenters. The third kappa shape index (κ3) is 2.67. The summed E-state index contributed by atoms with van der Waals surface area (Å²) in [6.45, 7) is 1.63. The monoisotopic (exact) mass is 292 g/mol. The molecule has 0 saturated carbocycles. The van der Waals surface area contributed by atoms with E-state index < -0.39 is 6.10 Å². The van der Waals surface area contributed by atoms with Crippen molar-refractivity contribution in [2.75, 3.05) is 7.11 Å². The molecule has 0 radical (unpaired) electrons. The second kappa shape index (κ2) is 5.92. The fourth-order valence-electron chi connectivity index (χ4n) is 2.29. The van der Waals surface area contributed by atoms with Gasteiger partial charge in [-0.1, -0.05) is 36.3 Å². The third-order valence-corrected chi connectivity index (χ3v) is 3.30. The number of benzene rings is 1. The Kier molecular flexibility index (Phi) is 3.82. The lowest BCUT2D eigenvalue weighted by atomic mass is 10.1. The molecule has 4 heteroatoms. The smallest absolute Gasteiger partial charge is 0.200 e. The molecule has 3 rings (SSSR count). The molecule has 1 N–H and O–H groups in total. The molecule has 0 aliphatic heterocycles. The fourth-order valence-corrected chi connectivity index (χ4v) is 2.29. The first kappa shape index (κ1) is 14.2. The summed E-state index contributed by atoms with van der Waals surface area (Å²) in [4.78, 5) is 4.39. The van der Waals surface area contributed by atoms with Crippen molar-refractivity contribution in [1.29, 1.82) is 0 Å². The van der Waals surface area contributed by atoms with E-state index in [1.807, 2.05) is 46.9 Å². The van der Waals surface area contributed by atoms with E-state index in [1.54, 1.807) is 20.2 Å². The third-order valence-electron chi connectivity index (χ3n) is 3.30. The highest BCUT2D eigenvalue weighted by molar-refractivity contribution is 5.69. The van der Waals surface area contributed by atoms with Gasteiger partial charge in [0.15, 0.2) is 0 Å². The van der Waals surface area contributed by atoms with Gasteiger partial charge < -0.3 is 9.84 Å². The van der Waals surface area contributed by atoms with E-state index in [9.17, 15) is 5.11 Å². The van der Waals surface area contributed by atoms with Gasteiger partial charge >= 0.3 is 0 Å². The molecule has 110 valence electrons. The quantitative estimate of drug-likeness (QED) is 0.739. The van der Waals surface area contributed by atoms with Crippen LogP contribution in [0.2, 0.25) is 0 Å². The summed E-state index contributed by atoms with van der Waals surface area (Å²) in [6, 6.07) is 14.0. The number of aromatic nitrogens is 2. The van der Waals surface area contributed by atoms with Crippen LogP contribution in [0.1, 0.15) is 12.6 Å². The number of hydrogen-bond donors (Lipinski definition) is 1. The zero-order valence-electron chi connectivity index (χ0n) is 12.4. The number of ether oxygens (including phenoxy) is 1. The van der Waals surface area contributed by atoms with Crippen molar-refractivity contribution in [2.45, 2.75) is 13.0 Å². The number of imidazole rings is 1. The molecule has 1 atom stereocenters. The standard InChI is InChI=1S/C18H16N2O2/c1-13(21)8-9-16-12-19-17-10-15(11-18(22-2)20(16)17)14-6-4-3-5-7-14/h3-7,10-13,21H,1-2H3/t13-/m0/s1. The van der Waals surface area contributed by atoms with E-state index in [0.29, 0.717) is 11.6 Å². The second-order valence-corrected chi connectivity index (χ2v) is 4.93. The van der Waals surface area contributed by atoms with Crippen LogP contribution in [0.25, 0.3) is 16.8 Å². The molecule has 0 amide bonds. The van der Waals surface area contributed by atoms with Gasteiger partial charge in [-0.2, -0.15) is 0 Å². The Bertz CT molecular complexity index is 855. The van der Waals surface area contributed by atoms with Crippen LogP contribution in [0, 0.1) is 11.8 Å². The predicted octanol–water partition coefficient (Wildman–Crippen LogP) is 2.74. The van der Waals surface area contributed by atoms with Crippen LogP contribution >= 0.6 is 0 Å². The van der Waals surface area contributed by atoms with Crippen molar-refractivity contribution >= 4 is 5.65 Å². The first-order valence-corrected chi connectivity index (χ1v) is 6.99. The SMILES string of the molecule is COc1cc(-c2ccccc2)cc2ncc(C#C[C@H](C)O)n12. The van der Waals surface area contributed by atoms with Gasteiger partial charge in [-0.05, 0) is 30.0 Å². The Morgan fingerprint density at radius 2 is 1.95 bits per heavy atom. The van der Waals surface area contributed by atoms with Crippen molar-refractivity contribution in [3.63, 3.8) is 0 Å². The van der Waals surface area contributed by atoms with Crippen LogP contribution in [-0.4, -0.2) is 27.7 Å². The zero-order chi connectivity index (χ0) is 15.5. The molecule has 4 nitrogen and oxygen atoms in total. The average Bonchev–Trinajstić information content (AvgIpc) is 2.96. The maximum absolute atomic E-state index is 9.31. The Morgan fingerprint density at radius 1 is 1.18 bits per heavy atom. The van der Waals surface area contributed by atoms with Gasteiger partial charge in [-0.3, -0.25) is 4.40 Å². The number of rotatable bonds is 2. The Hall–Kier alpha value is -2.77. The number of pyridine rings is 1. The first-order chi connectivity index (χ1) is 10.7. The van der Waals surface area contributed by atoms with E-state index in [1.165, 1.54) is 0 Å². The molecule has 22 heavy (non-hydrogen) atoms. The van der Waals surface area contributed by atoms with Crippen LogP contribution in [0.15, 0.2) is 48.7 Å². The summed E-state index contributed by atoms with van der Waals surface area (Å²) in [7, 11) is 1.62. The number of aliphatic hydroxyl groups is 1. The lowest BCUT2D eigenvalue weighted by Crippen LogP contribution is -1.98. The number of fused-ring (bicyclic) bond motifs is 1. The van der Waals surface area contributed by atoms with Crippen LogP contribution < -0.4 is 4.74 Å². The molecule has 2 aromatic heterocycles. The molecule has 2 heterocycles. The van der Waals surface area contributed by atoms with Crippen molar-refractivity contribution in [3.05, 3.63) is 54.4 Å². The topological polar surface area (TPSA) is 46.8 Å². The summed E-state index contributed by atoms with van der Waals surface area (Å²) < 4.78 is 7.32. The minimum atomic E-state index is -0.680. The second-order valence-electron chi connectivity index (χ2n) is 4.93. The predicted molar refractivity (Wildman–Crippen MR) is 85.7 cm³/mol. The van der Waals surface area contributed by atoms with Crippen LogP contribution in [0.4, 0.5) is 0 Å². The van der Waals surface area contributed by atoms with Crippen LogP contribution in [-0.2, 0) is 0 Å². The van der Waals surface area contributed by atoms with E-state index in [-0.39, 0.29) is 0 Å². The molecular weight excluding hydrogens is 276 g/mol. The van der Waals surface area contributed by atoms with E-state index in [2.05, 4.69) is 16.8 Å². The van der Waals surface area contributed by atoms with Crippen molar-refractivity contribution in [2.24, 2.45) is 0 Å². The highest BCUT2D eigenvalue weighted by atomic mass is 16.5. The molecular formula is C18H16N2O2. The average molecular weight is 292 g/mol. The van der Waals surface area contributed by atoms with Gasteiger partial charge in [0.2, 0.25) is 5.88 Å². The van der Waals surface area contributed by atoms with Gasteiger partial charge in [0.25, 0.3) is 0 Å². The highest BCUT2D eigenvalue weighted by Gasteiger charge is 2.10. The molecule has 1 aromatic carbocycles.